The van der Waals surface area contributed by atoms with Crippen molar-refractivity contribution in [1.29, 1.82) is 0 Å². The van der Waals surface area contributed by atoms with Crippen LogP contribution in [0.5, 0.6) is 0 Å². The van der Waals surface area contributed by atoms with Crippen molar-refractivity contribution in [2.75, 3.05) is 0 Å². The van der Waals surface area contributed by atoms with Gasteiger partial charge in [0.15, 0.2) is 0 Å². The van der Waals surface area contributed by atoms with Crippen molar-refractivity contribution in [1.82, 2.24) is 10.3 Å². The molecule has 0 aliphatic carbocycles. The molecule has 32 heavy (non-hydrogen) atoms. The summed E-state index contributed by atoms with van der Waals surface area (Å²) < 4.78 is 0.997. The first-order valence-electron chi connectivity index (χ1n) is 9.88. The molecule has 0 saturated heterocycles. The quantitative estimate of drug-likeness (QED) is 0.381. The van der Waals surface area contributed by atoms with Crippen LogP contribution in [0.25, 0.3) is 21.3 Å². The molecule has 0 saturated carbocycles. The van der Waals surface area contributed by atoms with Gasteiger partial charge in [-0.15, -0.1) is 11.3 Å². The summed E-state index contributed by atoms with van der Waals surface area (Å²) in [6, 6.07) is 24.4. The van der Waals surface area contributed by atoms with E-state index in [1.54, 1.807) is 0 Å². The summed E-state index contributed by atoms with van der Waals surface area (Å²) >= 11 is 5.28. The Morgan fingerprint density at radius 2 is 1.62 bits per heavy atom. The van der Waals surface area contributed by atoms with E-state index in [1.165, 1.54) is 11.3 Å². The molecule has 7 heteroatoms. The fourth-order valence-corrected chi connectivity index (χ4v) is 4.24. The van der Waals surface area contributed by atoms with Crippen LogP contribution >= 0.6 is 23.6 Å². The maximum absolute atomic E-state index is 12.5. The lowest BCUT2D eigenvalue weighted by atomic mass is 10.1. The molecule has 3 aromatic carbocycles. The fraction of sp³-hybridized carbons (Fsp3) is 0.120. The van der Waals surface area contributed by atoms with Crippen molar-refractivity contribution in [3.63, 3.8) is 0 Å². The van der Waals surface area contributed by atoms with E-state index in [0.717, 1.165) is 26.9 Å². The first-order valence-corrected chi connectivity index (χ1v) is 11.3. The Kier molecular flexibility index (Phi) is 8.19. The van der Waals surface area contributed by atoms with Gasteiger partial charge in [0.25, 0.3) is 0 Å². The van der Waals surface area contributed by atoms with Crippen molar-refractivity contribution in [3.05, 3.63) is 89.4 Å². The first kappa shape index (κ1) is 23.2. The Bertz CT molecular complexity index is 1190. The van der Waals surface area contributed by atoms with Gasteiger partial charge in [0.1, 0.15) is 11.0 Å². The normalized spacial score (nSPS) is 11.2. The molecule has 0 unspecified atom stereocenters. The van der Waals surface area contributed by atoms with Crippen LogP contribution in [-0.2, 0) is 22.4 Å². The van der Waals surface area contributed by atoms with Crippen LogP contribution in [0, 0.1) is 0 Å². The Labute approximate surface area is 195 Å². The average Bonchev–Trinajstić information content (AvgIpc) is 3.22. The predicted octanol–water partition coefficient (Wildman–Crippen LogP) is 4.93. The Balaban J connectivity index is 0.00000141. The third kappa shape index (κ3) is 6.06. The molecule has 4 rings (SSSR count). The Morgan fingerprint density at radius 3 is 2.28 bits per heavy atom. The lowest BCUT2D eigenvalue weighted by Crippen LogP contribution is -2.43. The van der Waals surface area contributed by atoms with Gasteiger partial charge in [-0.2, -0.15) is 0 Å². The van der Waals surface area contributed by atoms with Gasteiger partial charge in [-0.1, -0.05) is 78.9 Å². The zero-order valence-corrected chi connectivity index (χ0v) is 18.9. The van der Waals surface area contributed by atoms with Crippen LogP contribution in [0.15, 0.2) is 78.9 Å². The number of hydrogen-bond donors (Lipinski definition) is 2. The fourth-order valence-electron chi connectivity index (χ4n) is 3.29. The summed E-state index contributed by atoms with van der Waals surface area (Å²) in [5.41, 5.74) is 3.87. The molecule has 0 spiro atoms. The number of carbonyl (C=O) groups excluding carboxylic acids is 1. The van der Waals surface area contributed by atoms with Crippen LogP contribution < -0.4 is 5.32 Å². The Morgan fingerprint density at radius 1 is 0.969 bits per heavy atom. The minimum Gasteiger partial charge on any atom is -0.480 e. The van der Waals surface area contributed by atoms with Crippen LogP contribution in [0.2, 0.25) is 0 Å². The molecule has 1 atom stereocenters. The molecule has 4 aromatic rings. The second-order valence-corrected chi connectivity index (χ2v) is 8.10. The van der Waals surface area contributed by atoms with Crippen molar-refractivity contribution < 1.29 is 14.7 Å². The smallest absolute Gasteiger partial charge is 0.326 e. The zero-order valence-electron chi connectivity index (χ0n) is 17.2. The largest absolute Gasteiger partial charge is 0.480 e. The number of amides is 1. The van der Waals surface area contributed by atoms with Crippen molar-refractivity contribution in [2.24, 2.45) is 0 Å². The maximum atomic E-state index is 12.5. The van der Waals surface area contributed by atoms with Gasteiger partial charge in [0.2, 0.25) is 5.91 Å². The molecule has 1 amide bonds. The molecule has 162 valence electrons. The number of carboxylic acids is 1. The second-order valence-electron chi connectivity index (χ2n) is 6.98. The lowest BCUT2D eigenvalue weighted by molar-refractivity contribution is -0.141. The van der Waals surface area contributed by atoms with E-state index < -0.39 is 12.0 Å². The van der Waals surface area contributed by atoms with Crippen LogP contribution in [0.3, 0.4) is 0 Å². The molecule has 0 bridgehead atoms. The van der Waals surface area contributed by atoms with E-state index in [9.17, 15) is 14.7 Å². The number of carboxylic acid groups (broad SMARTS) is 1. The molecule has 0 fully saturated rings. The zero-order chi connectivity index (χ0) is 22.9. The van der Waals surface area contributed by atoms with E-state index in [4.69, 9.17) is 0 Å². The highest BCUT2D eigenvalue weighted by Gasteiger charge is 2.21. The SMILES string of the molecule is C=S.O=C(Cc1nc2cc(-c3ccccc3)ccc2s1)N[C@@H](Cc1ccccc1)C(=O)O. The minimum atomic E-state index is -1.05. The highest BCUT2D eigenvalue weighted by Crippen LogP contribution is 2.28. The van der Waals surface area contributed by atoms with Crippen molar-refractivity contribution in [3.8, 4) is 11.1 Å². The number of aromatic nitrogens is 1. The molecular formula is C25H22N2O3S2. The topological polar surface area (TPSA) is 79.3 Å². The molecule has 1 heterocycles. The number of rotatable bonds is 7. The summed E-state index contributed by atoms with van der Waals surface area (Å²) in [4.78, 5) is 28.6. The van der Waals surface area contributed by atoms with Crippen molar-refractivity contribution in [2.45, 2.75) is 18.9 Å². The summed E-state index contributed by atoms with van der Waals surface area (Å²) in [7, 11) is 0. The number of carbonyl (C=O) groups is 2. The summed E-state index contributed by atoms with van der Waals surface area (Å²) in [5.74, 6) is 1.43. The molecule has 0 aliphatic rings. The number of nitrogens with one attached hydrogen (secondary N) is 1. The molecule has 2 N–H and O–H groups in total. The number of fused-ring (bicyclic) bond motifs is 1. The third-order valence-corrected chi connectivity index (χ3v) is 5.80. The maximum Gasteiger partial charge on any atom is 0.326 e. The van der Waals surface area contributed by atoms with Crippen LogP contribution in [0.4, 0.5) is 0 Å². The van der Waals surface area contributed by atoms with Gasteiger partial charge in [-0.25, -0.2) is 9.78 Å². The molecule has 0 aliphatic heterocycles. The highest BCUT2D eigenvalue weighted by molar-refractivity contribution is 7.77. The molecule has 5 nitrogen and oxygen atoms in total. The standard InChI is InChI=1S/C24H20N2O3S.CH2S/c27-22(25-20(24(28)29)13-16-7-3-1-4-8-16)15-23-26-19-14-18(11-12-21(19)30-23)17-9-5-2-6-10-17;1-2/h1-12,14,20H,13,15H2,(H,25,27)(H,28,29);1H2/t20-;/m0./s1. The van der Waals surface area contributed by atoms with Gasteiger partial charge in [0, 0.05) is 6.42 Å². The number of benzene rings is 3. The molecule has 0 radical (unpaired) electrons. The number of nitrogens with zero attached hydrogens (tertiary/aromatic N) is 1. The van der Waals surface area contributed by atoms with Gasteiger partial charge in [-0.3, -0.25) is 4.79 Å². The summed E-state index contributed by atoms with van der Waals surface area (Å²) in [6.07, 6.45) is 0.292. The van der Waals surface area contributed by atoms with E-state index >= 15 is 0 Å². The lowest BCUT2D eigenvalue weighted by Gasteiger charge is -2.14. The first-order chi connectivity index (χ1) is 15.6. The number of hydrogen-bond acceptors (Lipinski definition) is 5. The van der Waals surface area contributed by atoms with Crippen LogP contribution in [0.1, 0.15) is 10.6 Å². The van der Waals surface area contributed by atoms with E-state index in [2.05, 4.69) is 28.4 Å². The molecular weight excluding hydrogens is 440 g/mol. The number of aliphatic carboxylic acids is 1. The third-order valence-electron chi connectivity index (χ3n) is 4.77. The van der Waals surface area contributed by atoms with Gasteiger partial charge < -0.3 is 10.4 Å². The van der Waals surface area contributed by atoms with Gasteiger partial charge in [-0.05, 0) is 34.7 Å². The number of thiazole rings is 1. The van der Waals surface area contributed by atoms with Crippen LogP contribution in [-0.4, -0.2) is 33.9 Å². The van der Waals surface area contributed by atoms with E-state index in [0.29, 0.717) is 5.01 Å². The average molecular weight is 463 g/mol. The Hall–Kier alpha value is -3.42. The van der Waals surface area contributed by atoms with Gasteiger partial charge in [0.05, 0.1) is 16.6 Å². The number of thiocarbonyl (C=S) groups is 1. The monoisotopic (exact) mass is 462 g/mol. The van der Waals surface area contributed by atoms with Crippen molar-refractivity contribution >= 4 is 51.5 Å². The van der Waals surface area contributed by atoms with Gasteiger partial charge >= 0.3 is 5.97 Å². The highest BCUT2D eigenvalue weighted by atomic mass is 32.1. The van der Waals surface area contributed by atoms with E-state index in [1.807, 2.05) is 78.9 Å². The van der Waals surface area contributed by atoms with E-state index in [-0.39, 0.29) is 18.7 Å². The summed E-state index contributed by atoms with van der Waals surface area (Å²) in [5, 5.41) is 12.8. The second kappa shape index (κ2) is 11.3. The minimum absolute atomic E-state index is 0.0542. The molecule has 1 aromatic heterocycles. The summed E-state index contributed by atoms with van der Waals surface area (Å²) in [6.45, 7) is 0. The predicted molar refractivity (Wildman–Crippen MR) is 133 cm³/mol.